The Labute approximate surface area is 178 Å². The summed E-state index contributed by atoms with van der Waals surface area (Å²) in [5.41, 5.74) is 8.19. The van der Waals surface area contributed by atoms with E-state index in [1.165, 1.54) is 56.1 Å². The summed E-state index contributed by atoms with van der Waals surface area (Å²) in [4.78, 5) is 8.00. The number of hydrogen-bond acceptors (Lipinski definition) is 6. The summed E-state index contributed by atoms with van der Waals surface area (Å²) in [6.45, 7) is 4.60. The van der Waals surface area contributed by atoms with Crippen LogP contribution in [0.4, 0.5) is 0 Å². The number of nitrogens with two attached hydrogens (primary N) is 1. The maximum absolute atomic E-state index is 9.41. The highest BCUT2D eigenvalue weighted by molar-refractivity contribution is 5.23. The van der Waals surface area contributed by atoms with Crippen molar-refractivity contribution in [2.45, 2.75) is 70.3 Å². The van der Waals surface area contributed by atoms with Crippen LogP contribution in [0, 0.1) is 0 Å². The highest BCUT2D eigenvalue weighted by Crippen LogP contribution is 2.15. The number of benzene rings is 1. The van der Waals surface area contributed by atoms with E-state index in [2.05, 4.69) is 31.2 Å². The standard InChI is InChI=1S/C20H35NO2.2CH4O.CH2O/c1-3-4-5-6-7-8-9-18-10-12-19(13-11-18)14-15-20(21,16-22)17-23-2;3*1-2/h10-13,22H,3-9,14-17,21H2,1-2H3;2*2H,1H3;1H2/t20-;;;/m0.../s1. The van der Waals surface area contributed by atoms with Crippen molar-refractivity contribution < 1.29 is 24.9 Å². The van der Waals surface area contributed by atoms with Crippen LogP contribution in [0.1, 0.15) is 63.0 Å². The molecular weight excluding hydrogens is 370 g/mol. The number of aryl methyl sites for hydroxylation is 2. The van der Waals surface area contributed by atoms with Crippen LogP contribution in [0.2, 0.25) is 0 Å². The second-order valence-corrected chi connectivity index (χ2v) is 6.79. The van der Waals surface area contributed by atoms with E-state index in [0.29, 0.717) is 6.61 Å². The average Bonchev–Trinajstić information content (AvgIpc) is 2.80. The first-order valence-corrected chi connectivity index (χ1v) is 10.3. The first-order valence-electron chi connectivity index (χ1n) is 10.3. The largest absolute Gasteiger partial charge is 0.400 e. The predicted octanol–water partition coefficient (Wildman–Crippen LogP) is 2.89. The van der Waals surface area contributed by atoms with Gasteiger partial charge in [-0.3, -0.25) is 0 Å². The first kappa shape index (κ1) is 32.4. The van der Waals surface area contributed by atoms with E-state index in [-0.39, 0.29) is 6.61 Å². The topological polar surface area (TPSA) is 113 Å². The number of carbonyl (C=O) groups excluding carboxylic acids is 1. The van der Waals surface area contributed by atoms with Crippen molar-refractivity contribution in [1.29, 1.82) is 0 Å². The summed E-state index contributed by atoms with van der Waals surface area (Å²) in [5.74, 6) is 0. The van der Waals surface area contributed by atoms with Gasteiger partial charge in [0.1, 0.15) is 6.79 Å². The molecule has 0 saturated carbocycles. The SMILES string of the molecule is C=O.CCCCCCCCc1ccc(CC[C@](N)(CO)COC)cc1.CO.CO. The van der Waals surface area contributed by atoms with Crippen LogP contribution in [0.5, 0.6) is 0 Å². The van der Waals surface area contributed by atoms with Crippen molar-refractivity contribution in [2.24, 2.45) is 5.73 Å². The van der Waals surface area contributed by atoms with Gasteiger partial charge in [-0.15, -0.1) is 0 Å². The third kappa shape index (κ3) is 18.5. The molecule has 0 bridgehead atoms. The zero-order valence-electron chi connectivity index (χ0n) is 19.0. The van der Waals surface area contributed by atoms with Crippen molar-refractivity contribution >= 4 is 6.79 Å². The van der Waals surface area contributed by atoms with Gasteiger partial charge in [0.15, 0.2) is 0 Å². The molecule has 0 spiro atoms. The van der Waals surface area contributed by atoms with E-state index in [4.69, 9.17) is 25.5 Å². The van der Waals surface area contributed by atoms with Gasteiger partial charge < -0.3 is 30.6 Å². The minimum absolute atomic E-state index is 0.0447. The molecule has 6 nitrogen and oxygen atoms in total. The van der Waals surface area contributed by atoms with Crippen LogP contribution in [0.15, 0.2) is 24.3 Å². The van der Waals surface area contributed by atoms with Crippen molar-refractivity contribution in [3.63, 3.8) is 0 Å². The molecule has 0 aliphatic heterocycles. The Morgan fingerprint density at radius 3 is 1.79 bits per heavy atom. The highest BCUT2D eigenvalue weighted by Gasteiger charge is 2.23. The number of unbranched alkanes of at least 4 members (excludes halogenated alkanes) is 5. The first-order chi connectivity index (χ1) is 14.1. The Kier molecular flexibility index (Phi) is 27.6. The molecule has 0 aliphatic carbocycles. The van der Waals surface area contributed by atoms with Crippen LogP contribution >= 0.6 is 0 Å². The Hall–Kier alpha value is -1.31. The number of hydrogen-bond donors (Lipinski definition) is 4. The van der Waals surface area contributed by atoms with Crippen LogP contribution < -0.4 is 5.73 Å². The maximum Gasteiger partial charge on any atom is 0.106 e. The molecule has 0 radical (unpaired) electrons. The van der Waals surface area contributed by atoms with Gasteiger partial charge in [0.2, 0.25) is 0 Å². The number of ether oxygens (including phenoxy) is 1. The second-order valence-electron chi connectivity index (χ2n) is 6.79. The van der Waals surface area contributed by atoms with Crippen molar-refractivity contribution in [2.75, 3.05) is 34.5 Å². The van der Waals surface area contributed by atoms with Crippen LogP contribution in [0.25, 0.3) is 0 Å². The lowest BCUT2D eigenvalue weighted by atomic mass is 9.93. The Morgan fingerprint density at radius 1 is 0.897 bits per heavy atom. The fraction of sp³-hybridized carbons (Fsp3) is 0.696. The van der Waals surface area contributed by atoms with Crippen molar-refractivity contribution in [3.05, 3.63) is 35.4 Å². The van der Waals surface area contributed by atoms with E-state index < -0.39 is 5.54 Å². The van der Waals surface area contributed by atoms with Crippen LogP contribution in [-0.2, 0) is 22.4 Å². The molecule has 0 aliphatic rings. The van der Waals surface area contributed by atoms with E-state index >= 15 is 0 Å². The summed E-state index contributed by atoms with van der Waals surface area (Å²) in [6.07, 6.45) is 10.8. The van der Waals surface area contributed by atoms with E-state index in [1.54, 1.807) is 7.11 Å². The van der Waals surface area contributed by atoms with Gasteiger partial charge in [0.05, 0.1) is 18.8 Å². The molecule has 0 amide bonds. The third-order valence-electron chi connectivity index (χ3n) is 4.50. The normalized spacial score (nSPS) is 11.6. The van der Waals surface area contributed by atoms with Crippen LogP contribution in [-0.4, -0.2) is 62.2 Å². The molecule has 0 heterocycles. The van der Waals surface area contributed by atoms with Gasteiger partial charge >= 0.3 is 0 Å². The van der Waals surface area contributed by atoms with Gasteiger partial charge in [-0.05, 0) is 36.8 Å². The highest BCUT2D eigenvalue weighted by atomic mass is 16.5. The van der Waals surface area contributed by atoms with Gasteiger partial charge in [0.25, 0.3) is 0 Å². The Balaban J connectivity index is -0.00000103. The number of methoxy groups -OCH3 is 1. The second kappa shape index (κ2) is 24.7. The van der Waals surface area contributed by atoms with Gasteiger partial charge in [-0.25, -0.2) is 0 Å². The summed E-state index contributed by atoms with van der Waals surface area (Å²) < 4.78 is 5.10. The minimum atomic E-state index is -0.633. The fourth-order valence-corrected chi connectivity index (χ4v) is 2.86. The maximum atomic E-state index is 9.41. The predicted molar refractivity (Wildman–Crippen MR) is 121 cm³/mol. The monoisotopic (exact) mass is 415 g/mol. The van der Waals surface area contributed by atoms with E-state index in [9.17, 15) is 5.11 Å². The smallest absolute Gasteiger partial charge is 0.106 e. The van der Waals surface area contributed by atoms with Gasteiger partial charge in [-0.1, -0.05) is 63.3 Å². The van der Waals surface area contributed by atoms with E-state index in [0.717, 1.165) is 27.1 Å². The summed E-state index contributed by atoms with van der Waals surface area (Å²) >= 11 is 0. The molecule has 1 aromatic rings. The summed E-state index contributed by atoms with van der Waals surface area (Å²) in [7, 11) is 3.62. The molecule has 0 aromatic heterocycles. The molecule has 0 unspecified atom stereocenters. The quantitative estimate of drug-likeness (QED) is 0.369. The average molecular weight is 416 g/mol. The van der Waals surface area contributed by atoms with Crippen molar-refractivity contribution in [3.8, 4) is 0 Å². The molecule has 5 N–H and O–H groups in total. The zero-order valence-corrected chi connectivity index (χ0v) is 19.0. The molecule has 6 heteroatoms. The number of rotatable bonds is 13. The molecule has 1 atom stereocenters. The van der Waals surface area contributed by atoms with Crippen LogP contribution in [0.3, 0.4) is 0 Å². The zero-order chi connectivity index (χ0) is 23.0. The molecule has 29 heavy (non-hydrogen) atoms. The number of aliphatic hydroxyl groups excluding tert-OH is 3. The summed E-state index contributed by atoms with van der Waals surface area (Å²) in [6, 6.07) is 8.84. The molecule has 172 valence electrons. The fourth-order valence-electron chi connectivity index (χ4n) is 2.86. The van der Waals surface area contributed by atoms with Gasteiger partial charge in [0, 0.05) is 21.3 Å². The minimum Gasteiger partial charge on any atom is -0.400 e. The number of aliphatic hydroxyl groups is 3. The molecular formula is C23H45NO5. The Bertz CT molecular complexity index is 428. The van der Waals surface area contributed by atoms with E-state index in [1.807, 2.05) is 6.79 Å². The summed E-state index contributed by atoms with van der Waals surface area (Å²) in [5, 5.41) is 23.4. The lowest BCUT2D eigenvalue weighted by Crippen LogP contribution is -2.48. The Morgan fingerprint density at radius 2 is 1.34 bits per heavy atom. The lowest BCUT2D eigenvalue weighted by Gasteiger charge is -2.26. The molecule has 0 saturated heterocycles. The molecule has 0 fully saturated rings. The third-order valence-corrected chi connectivity index (χ3v) is 4.50. The number of carbonyl (C=O) groups is 1. The van der Waals surface area contributed by atoms with Crippen molar-refractivity contribution in [1.82, 2.24) is 0 Å². The molecule has 1 rings (SSSR count). The lowest BCUT2D eigenvalue weighted by molar-refractivity contribution is -0.0980. The van der Waals surface area contributed by atoms with Gasteiger partial charge in [-0.2, -0.15) is 0 Å². The molecule has 1 aromatic carbocycles.